The van der Waals surface area contributed by atoms with Crippen molar-refractivity contribution in [2.75, 3.05) is 26.6 Å². The maximum absolute atomic E-state index is 12.7. The molecule has 1 aliphatic carbocycles. The summed E-state index contributed by atoms with van der Waals surface area (Å²) in [7, 11) is 4.57. The first kappa shape index (κ1) is 22.5. The fourth-order valence-electron chi connectivity index (χ4n) is 3.83. The number of hydrogen-bond acceptors (Lipinski definition) is 5. The van der Waals surface area contributed by atoms with Gasteiger partial charge in [0.1, 0.15) is 0 Å². The third kappa shape index (κ3) is 5.69. The number of carbonyl (C=O) groups excluding carboxylic acids is 2. The zero-order chi connectivity index (χ0) is 22.2. The topological polar surface area (TPSA) is 85.9 Å². The van der Waals surface area contributed by atoms with Crippen LogP contribution in [-0.4, -0.2) is 33.1 Å². The summed E-state index contributed by atoms with van der Waals surface area (Å²) in [6.45, 7) is 0.462. The number of carbonyl (C=O) groups is 2. The average Bonchev–Trinajstić information content (AvgIpc) is 2.82. The molecule has 1 saturated carbocycles. The van der Waals surface area contributed by atoms with Gasteiger partial charge < -0.3 is 24.8 Å². The molecule has 0 radical (unpaired) electrons. The molecule has 0 spiro atoms. The van der Waals surface area contributed by atoms with Gasteiger partial charge in [-0.3, -0.25) is 9.59 Å². The highest BCUT2D eigenvalue weighted by Crippen LogP contribution is 2.40. The second kappa shape index (κ2) is 10.7. The van der Waals surface area contributed by atoms with Crippen molar-refractivity contribution in [3.63, 3.8) is 0 Å². The van der Waals surface area contributed by atoms with Crippen LogP contribution in [0.15, 0.2) is 36.4 Å². The van der Waals surface area contributed by atoms with Gasteiger partial charge in [-0.1, -0.05) is 31.4 Å². The summed E-state index contributed by atoms with van der Waals surface area (Å²) in [6, 6.07) is 10.5. The van der Waals surface area contributed by atoms with Crippen molar-refractivity contribution in [3.05, 3.63) is 47.5 Å². The molecule has 2 N–H and O–H groups in total. The van der Waals surface area contributed by atoms with E-state index in [0.29, 0.717) is 35.0 Å². The summed E-state index contributed by atoms with van der Waals surface area (Å²) in [5.74, 6) is 1.39. The Labute approximate surface area is 183 Å². The molecule has 7 nitrogen and oxygen atoms in total. The number of amides is 2. The fourth-order valence-corrected chi connectivity index (χ4v) is 3.83. The number of ether oxygens (including phenoxy) is 3. The Hall–Kier alpha value is -3.22. The minimum atomic E-state index is -0.257. The summed E-state index contributed by atoms with van der Waals surface area (Å²) in [6.07, 6.45) is 5.45. The number of rotatable bonds is 8. The fraction of sp³-hybridized carbons (Fsp3) is 0.417. The van der Waals surface area contributed by atoms with E-state index in [0.717, 1.165) is 31.2 Å². The van der Waals surface area contributed by atoms with E-state index < -0.39 is 0 Å². The smallest absolute Gasteiger partial charge is 0.255 e. The van der Waals surface area contributed by atoms with Crippen molar-refractivity contribution in [2.45, 2.75) is 38.6 Å². The van der Waals surface area contributed by atoms with Crippen LogP contribution in [0.25, 0.3) is 0 Å². The normalized spacial score (nSPS) is 13.9. The summed E-state index contributed by atoms with van der Waals surface area (Å²) in [4.78, 5) is 25.0. The van der Waals surface area contributed by atoms with Crippen LogP contribution >= 0.6 is 0 Å². The van der Waals surface area contributed by atoms with Gasteiger partial charge in [0, 0.05) is 35.8 Å². The van der Waals surface area contributed by atoms with E-state index in [1.165, 1.54) is 27.8 Å². The third-order valence-electron chi connectivity index (χ3n) is 5.58. The number of nitrogens with one attached hydrogen (secondary N) is 2. The second-order valence-corrected chi connectivity index (χ2v) is 7.62. The third-order valence-corrected chi connectivity index (χ3v) is 5.58. The number of anilines is 1. The first-order valence-electron chi connectivity index (χ1n) is 10.5. The zero-order valence-corrected chi connectivity index (χ0v) is 18.3. The van der Waals surface area contributed by atoms with Crippen molar-refractivity contribution in [3.8, 4) is 17.2 Å². The van der Waals surface area contributed by atoms with E-state index in [-0.39, 0.29) is 17.7 Å². The summed E-state index contributed by atoms with van der Waals surface area (Å²) in [5.41, 5.74) is 1.99. The second-order valence-electron chi connectivity index (χ2n) is 7.62. The highest BCUT2D eigenvalue weighted by atomic mass is 16.5. The number of benzene rings is 2. The standard InChI is InChI=1S/C24H30N2O5/c1-29-20-13-19(14-21(30-2)22(20)31-3)26-24(28)18-11-9-16(10-12-18)15-25-23(27)17-7-5-4-6-8-17/h9-14,17H,4-8,15H2,1-3H3,(H,25,27)(H,26,28). The lowest BCUT2D eigenvalue weighted by Crippen LogP contribution is -2.31. The van der Waals surface area contributed by atoms with Gasteiger partial charge in [0.15, 0.2) is 11.5 Å². The van der Waals surface area contributed by atoms with Gasteiger partial charge in [0.2, 0.25) is 11.7 Å². The molecule has 2 amide bonds. The summed E-state index contributed by atoms with van der Waals surface area (Å²) >= 11 is 0. The molecule has 3 rings (SSSR count). The SMILES string of the molecule is COc1cc(NC(=O)c2ccc(CNC(=O)C3CCCCC3)cc2)cc(OC)c1OC. The first-order valence-corrected chi connectivity index (χ1v) is 10.5. The molecule has 0 bridgehead atoms. The molecule has 1 fully saturated rings. The van der Waals surface area contributed by atoms with E-state index in [1.807, 2.05) is 12.1 Å². The van der Waals surface area contributed by atoms with Crippen molar-refractivity contribution < 1.29 is 23.8 Å². The maximum atomic E-state index is 12.7. The number of methoxy groups -OCH3 is 3. The highest BCUT2D eigenvalue weighted by molar-refractivity contribution is 6.04. The van der Waals surface area contributed by atoms with Crippen LogP contribution in [0.1, 0.15) is 48.0 Å². The Balaban J connectivity index is 1.60. The lowest BCUT2D eigenvalue weighted by molar-refractivity contribution is -0.126. The largest absolute Gasteiger partial charge is 0.493 e. The van der Waals surface area contributed by atoms with Crippen molar-refractivity contribution in [2.24, 2.45) is 5.92 Å². The summed E-state index contributed by atoms with van der Waals surface area (Å²) < 4.78 is 15.9. The molecule has 0 unspecified atom stereocenters. The van der Waals surface area contributed by atoms with Gasteiger partial charge >= 0.3 is 0 Å². The van der Waals surface area contributed by atoms with E-state index in [2.05, 4.69) is 10.6 Å². The van der Waals surface area contributed by atoms with Crippen LogP contribution in [-0.2, 0) is 11.3 Å². The predicted octanol–water partition coefficient (Wildman–Crippen LogP) is 4.16. The van der Waals surface area contributed by atoms with Crippen LogP contribution in [0, 0.1) is 5.92 Å². The van der Waals surface area contributed by atoms with E-state index >= 15 is 0 Å². The van der Waals surface area contributed by atoms with Gasteiger partial charge in [0.25, 0.3) is 5.91 Å². The van der Waals surface area contributed by atoms with Gasteiger partial charge in [0.05, 0.1) is 21.3 Å². The molecule has 0 atom stereocenters. The zero-order valence-electron chi connectivity index (χ0n) is 18.3. The lowest BCUT2D eigenvalue weighted by Gasteiger charge is -2.20. The molecule has 0 saturated heterocycles. The van der Waals surface area contributed by atoms with Crippen molar-refractivity contribution in [1.82, 2.24) is 5.32 Å². The van der Waals surface area contributed by atoms with Crippen LogP contribution < -0.4 is 24.8 Å². The Morgan fingerprint density at radius 2 is 1.52 bits per heavy atom. The monoisotopic (exact) mass is 426 g/mol. The minimum absolute atomic E-state index is 0.129. The van der Waals surface area contributed by atoms with Crippen LogP contribution in [0.4, 0.5) is 5.69 Å². The predicted molar refractivity (Wildman–Crippen MR) is 119 cm³/mol. The molecule has 2 aromatic carbocycles. The Kier molecular flexibility index (Phi) is 7.76. The molecule has 0 heterocycles. The Bertz CT molecular complexity index is 880. The molecule has 2 aromatic rings. The molecule has 166 valence electrons. The van der Waals surface area contributed by atoms with Crippen LogP contribution in [0.2, 0.25) is 0 Å². The van der Waals surface area contributed by atoms with Crippen LogP contribution in [0.5, 0.6) is 17.2 Å². The average molecular weight is 427 g/mol. The lowest BCUT2D eigenvalue weighted by atomic mass is 9.88. The van der Waals surface area contributed by atoms with Gasteiger partial charge in [-0.25, -0.2) is 0 Å². The summed E-state index contributed by atoms with van der Waals surface area (Å²) in [5, 5.41) is 5.86. The number of hydrogen-bond donors (Lipinski definition) is 2. The van der Waals surface area contributed by atoms with E-state index in [9.17, 15) is 9.59 Å². The molecular formula is C24H30N2O5. The molecule has 0 aliphatic heterocycles. The van der Waals surface area contributed by atoms with Crippen molar-refractivity contribution >= 4 is 17.5 Å². The molecule has 7 heteroatoms. The minimum Gasteiger partial charge on any atom is -0.493 e. The first-order chi connectivity index (χ1) is 15.0. The van der Waals surface area contributed by atoms with Crippen LogP contribution in [0.3, 0.4) is 0 Å². The molecule has 31 heavy (non-hydrogen) atoms. The van der Waals surface area contributed by atoms with Gasteiger partial charge in [-0.15, -0.1) is 0 Å². The highest BCUT2D eigenvalue weighted by Gasteiger charge is 2.20. The van der Waals surface area contributed by atoms with E-state index in [1.54, 1.807) is 24.3 Å². The molecular weight excluding hydrogens is 396 g/mol. The quantitative estimate of drug-likeness (QED) is 0.662. The van der Waals surface area contributed by atoms with Crippen molar-refractivity contribution in [1.29, 1.82) is 0 Å². The van der Waals surface area contributed by atoms with Gasteiger partial charge in [-0.05, 0) is 30.5 Å². The van der Waals surface area contributed by atoms with Gasteiger partial charge in [-0.2, -0.15) is 0 Å². The Morgan fingerprint density at radius 1 is 0.903 bits per heavy atom. The van der Waals surface area contributed by atoms with E-state index in [4.69, 9.17) is 14.2 Å². The maximum Gasteiger partial charge on any atom is 0.255 e. The Morgan fingerprint density at radius 3 is 2.06 bits per heavy atom. The molecule has 0 aromatic heterocycles. The molecule has 1 aliphatic rings.